The van der Waals surface area contributed by atoms with E-state index in [9.17, 15) is 4.79 Å². The number of hydrogen-bond acceptors (Lipinski definition) is 5. The van der Waals surface area contributed by atoms with E-state index in [0.29, 0.717) is 17.9 Å². The molecule has 1 N–H and O–H groups in total. The van der Waals surface area contributed by atoms with Gasteiger partial charge in [-0.1, -0.05) is 36.7 Å². The van der Waals surface area contributed by atoms with Gasteiger partial charge in [-0.15, -0.1) is 0 Å². The summed E-state index contributed by atoms with van der Waals surface area (Å²) in [5, 5.41) is 7.62. The molecule has 5 nitrogen and oxygen atoms in total. The third-order valence-corrected chi connectivity index (χ3v) is 4.15. The van der Waals surface area contributed by atoms with Crippen LogP contribution < -0.4 is 5.32 Å². The highest BCUT2D eigenvalue weighted by atomic mass is 32.2. The topological polar surface area (TPSA) is 68.0 Å². The molecule has 118 valence electrons. The van der Waals surface area contributed by atoms with Crippen molar-refractivity contribution in [3.8, 4) is 0 Å². The van der Waals surface area contributed by atoms with Crippen LogP contribution in [0.2, 0.25) is 0 Å². The summed E-state index contributed by atoms with van der Waals surface area (Å²) < 4.78 is 5.04. The van der Waals surface area contributed by atoms with E-state index in [-0.39, 0.29) is 5.91 Å². The van der Waals surface area contributed by atoms with Crippen LogP contribution >= 0.6 is 11.8 Å². The molecule has 0 radical (unpaired) electrons. The Balaban J connectivity index is 1.95. The fraction of sp³-hybridized carbons (Fsp3) is 0.438. The first-order valence-electron chi connectivity index (χ1n) is 7.49. The quantitative estimate of drug-likeness (QED) is 0.595. The number of rotatable bonds is 8. The zero-order chi connectivity index (χ0) is 15.8. The van der Waals surface area contributed by atoms with Gasteiger partial charge in [0.2, 0.25) is 0 Å². The lowest BCUT2D eigenvalue weighted by molar-refractivity contribution is 0.0949. The first-order valence-corrected chi connectivity index (χ1v) is 8.47. The Morgan fingerprint density at radius 1 is 1.41 bits per heavy atom. The summed E-state index contributed by atoms with van der Waals surface area (Å²) in [5.41, 5.74) is 1.46. The number of carbonyl (C=O) groups excluding carboxylic acids is 1. The maximum atomic E-state index is 12.2. The number of amides is 1. The van der Waals surface area contributed by atoms with Crippen molar-refractivity contribution in [3.63, 3.8) is 0 Å². The van der Waals surface area contributed by atoms with Crippen molar-refractivity contribution >= 4 is 17.7 Å². The van der Waals surface area contributed by atoms with Gasteiger partial charge < -0.3 is 9.84 Å². The maximum absolute atomic E-state index is 12.2. The highest BCUT2D eigenvalue weighted by Gasteiger charge is 2.13. The summed E-state index contributed by atoms with van der Waals surface area (Å²) in [5.74, 6) is 1.35. The Hall–Kier alpha value is -1.82. The summed E-state index contributed by atoms with van der Waals surface area (Å²) in [6.07, 6.45) is 4.97. The van der Waals surface area contributed by atoms with Crippen LogP contribution in [0.5, 0.6) is 0 Å². The second-order valence-electron chi connectivity index (χ2n) is 5.04. The molecule has 0 unspecified atom stereocenters. The molecule has 2 aromatic heterocycles. The first kappa shape index (κ1) is 16.5. The second-order valence-corrected chi connectivity index (χ2v) is 6.00. The van der Waals surface area contributed by atoms with E-state index in [0.717, 1.165) is 35.7 Å². The van der Waals surface area contributed by atoms with Gasteiger partial charge in [-0.3, -0.25) is 4.79 Å². The molecule has 0 aromatic carbocycles. The molecule has 2 heterocycles. The van der Waals surface area contributed by atoms with E-state index >= 15 is 0 Å². The fourth-order valence-corrected chi connectivity index (χ4v) is 2.85. The molecule has 0 aliphatic rings. The number of aryl methyl sites for hydroxylation is 1. The molecule has 2 rings (SSSR count). The van der Waals surface area contributed by atoms with Gasteiger partial charge in [0.05, 0.1) is 11.3 Å². The fourth-order valence-electron chi connectivity index (χ4n) is 1.98. The van der Waals surface area contributed by atoms with Crippen LogP contribution in [0.1, 0.15) is 48.0 Å². The zero-order valence-corrected chi connectivity index (χ0v) is 13.8. The van der Waals surface area contributed by atoms with Crippen molar-refractivity contribution in [2.24, 2.45) is 0 Å². The van der Waals surface area contributed by atoms with Crippen molar-refractivity contribution < 1.29 is 9.32 Å². The molecule has 22 heavy (non-hydrogen) atoms. The van der Waals surface area contributed by atoms with E-state index in [1.165, 1.54) is 11.8 Å². The number of unbranched alkanes of at least 4 members (excludes halogenated alkanes) is 2. The SMILES string of the molecule is CCCCCNC(=O)c1cccnc1SCc1cc(C)on1. The Morgan fingerprint density at radius 3 is 3.00 bits per heavy atom. The summed E-state index contributed by atoms with van der Waals surface area (Å²) in [4.78, 5) is 16.6. The predicted molar refractivity (Wildman–Crippen MR) is 86.9 cm³/mol. The van der Waals surface area contributed by atoms with Crippen molar-refractivity contribution in [1.82, 2.24) is 15.5 Å². The van der Waals surface area contributed by atoms with Gasteiger partial charge in [-0.2, -0.15) is 0 Å². The normalized spacial score (nSPS) is 10.6. The Kier molecular flexibility index (Phi) is 6.45. The van der Waals surface area contributed by atoms with Crippen LogP contribution in [-0.2, 0) is 5.75 Å². The number of hydrogen-bond donors (Lipinski definition) is 1. The number of carbonyl (C=O) groups is 1. The van der Waals surface area contributed by atoms with Crippen LogP contribution in [0, 0.1) is 6.92 Å². The minimum atomic E-state index is -0.0666. The maximum Gasteiger partial charge on any atom is 0.254 e. The van der Waals surface area contributed by atoms with Crippen molar-refractivity contribution in [3.05, 3.63) is 41.4 Å². The molecular weight excluding hydrogens is 298 g/mol. The van der Waals surface area contributed by atoms with Crippen LogP contribution in [0.4, 0.5) is 0 Å². The van der Waals surface area contributed by atoms with E-state index in [1.54, 1.807) is 18.3 Å². The molecular formula is C16H21N3O2S. The van der Waals surface area contributed by atoms with Crippen molar-refractivity contribution in [2.45, 2.75) is 43.9 Å². The number of nitrogens with zero attached hydrogens (tertiary/aromatic N) is 2. The van der Waals surface area contributed by atoms with Crippen molar-refractivity contribution in [1.29, 1.82) is 0 Å². The van der Waals surface area contributed by atoms with Crippen LogP contribution in [0.15, 0.2) is 33.9 Å². The lowest BCUT2D eigenvalue weighted by Crippen LogP contribution is -2.25. The van der Waals surface area contributed by atoms with Gasteiger partial charge in [0.1, 0.15) is 10.8 Å². The third kappa shape index (κ3) is 4.87. The van der Waals surface area contributed by atoms with Gasteiger partial charge in [-0.25, -0.2) is 4.98 Å². The minimum Gasteiger partial charge on any atom is -0.361 e. The number of aromatic nitrogens is 2. The standard InChI is InChI=1S/C16H21N3O2S/c1-3-4-5-8-17-15(20)14-7-6-9-18-16(14)22-11-13-10-12(2)21-19-13/h6-7,9-10H,3-5,8,11H2,1-2H3,(H,17,20). The van der Waals surface area contributed by atoms with E-state index in [4.69, 9.17) is 4.52 Å². The van der Waals surface area contributed by atoms with Gasteiger partial charge in [-0.05, 0) is 25.5 Å². The van der Waals surface area contributed by atoms with Crippen LogP contribution in [0.3, 0.4) is 0 Å². The van der Waals surface area contributed by atoms with Crippen molar-refractivity contribution in [2.75, 3.05) is 6.54 Å². The minimum absolute atomic E-state index is 0.0666. The highest BCUT2D eigenvalue weighted by molar-refractivity contribution is 7.98. The smallest absolute Gasteiger partial charge is 0.254 e. The molecule has 0 aliphatic heterocycles. The lowest BCUT2D eigenvalue weighted by atomic mass is 10.2. The largest absolute Gasteiger partial charge is 0.361 e. The van der Waals surface area contributed by atoms with Gasteiger partial charge in [0.25, 0.3) is 5.91 Å². The molecule has 0 aliphatic carbocycles. The van der Waals surface area contributed by atoms with Gasteiger partial charge in [0.15, 0.2) is 0 Å². The molecule has 0 atom stereocenters. The predicted octanol–water partition coefficient (Wildman–Crippen LogP) is 3.59. The zero-order valence-electron chi connectivity index (χ0n) is 13.0. The number of thioether (sulfide) groups is 1. The Labute approximate surface area is 134 Å². The van der Waals surface area contributed by atoms with Crippen LogP contribution in [0.25, 0.3) is 0 Å². The van der Waals surface area contributed by atoms with Crippen LogP contribution in [-0.4, -0.2) is 22.6 Å². The van der Waals surface area contributed by atoms with E-state index in [2.05, 4.69) is 22.4 Å². The Morgan fingerprint density at radius 2 is 2.27 bits per heavy atom. The second kappa shape index (κ2) is 8.58. The first-order chi connectivity index (χ1) is 10.7. The van der Waals surface area contributed by atoms with Gasteiger partial charge >= 0.3 is 0 Å². The molecule has 0 bridgehead atoms. The average Bonchev–Trinajstić information content (AvgIpc) is 2.95. The molecule has 0 saturated carbocycles. The summed E-state index contributed by atoms with van der Waals surface area (Å²) >= 11 is 1.49. The molecule has 2 aromatic rings. The molecule has 6 heteroatoms. The number of nitrogens with one attached hydrogen (secondary N) is 1. The summed E-state index contributed by atoms with van der Waals surface area (Å²) in [6.45, 7) is 4.70. The highest BCUT2D eigenvalue weighted by Crippen LogP contribution is 2.24. The monoisotopic (exact) mass is 319 g/mol. The molecule has 1 amide bonds. The summed E-state index contributed by atoms with van der Waals surface area (Å²) in [7, 11) is 0. The summed E-state index contributed by atoms with van der Waals surface area (Å²) in [6, 6.07) is 5.48. The third-order valence-electron chi connectivity index (χ3n) is 3.12. The van der Waals surface area contributed by atoms with E-state index in [1.807, 2.05) is 13.0 Å². The molecule has 0 saturated heterocycles. The number of pyridine rings is 1. The molecule has 0 fully saturated rings. The Bertz CT molecular complexity index is 613. The average molecular weight is 319 g/mol. The van der Waals surface area contributed by atoms with E-state index < -0.39 is 0 Å². The van der Waals surface area contributed by atoms with Gasteiger partial charge in [0, 0.05) is 24.6 Å². The molecule has 0 spiro atoms. The lowest BCUT2D eigenvalue weighted by Gasteiger charge is -2.08.